The fourth-order valence-electron chi connectivity index (χ4n) is 3.39. The molecule has 2 aromatic carbocycles. The number of anilines is 1. The van der Waals surface area contributed by atoms with Gasteiger partial charge in [0.1, 0.15) is 11.4 Å². The number of carbonyl (C=O) groups is 2. The Morgan fingerprint density at radius 1 is 1.00 bits per heavy atom. The molecule has 0 radical (unpaired) electrons. The lowest BCUT2D eigenvalue weighted by atomic mass is 10.0. The molecule has 9 heteroatoms. The number of aromatic nitrogens is 1. The van der Waals surface area contributed by atoms with E-state index >= 15 is 0 Å². The van der Waals surface area contributed by atoms with Crippen LogP contribution in [-0.2, 0) is 16.1 Å². The fourth-order valence-corrected chi connectivity index (χ4v) is 3.39. The van der Waals surface area contributed by atoms with Crippen molar-refractivity contribution in [3.8, 4) is 5.75 Å². The van der Waals surface area contributed by atoms with E-state index in [-0.39, 0.29) is 23.5 Å². The molecule has 1 N–H and O–H groups in total. The number of imide groups is 1. The molecule has 0 unspecified atom stereocenters. The van der Waals surface area contributed by atoms with Gasteiger partial charge in [0.25, 0.3) is 17.5 Å². The maximum absolute atomic E-state index is 13.3. The van der Waals surface area contributed by atoms with Crippen molar-refractivity contribution >= 4 is 28.8 Å². The molecule has 0 bridgehead atoms. The van der Waals surface area contributed by atoms with Crippen molar-refractivity contribution in [2.45, 2.75) is 6.54 Å². The van der Waals surface area contributed by atoms with Crippen molar-refractivity contribution in [2.24, 2.45) is 0 Å². The van der Waals surface area contributed by atoms with Gasteiger partial charge >= 0.3 is 0 Å². The van der Waals surface area contributed by atoms with Crippen molar-refractivity contribution in [3.05, 3.63) is 100.0 Å². The number of pyridine rings is 1. The third-order valence-electron chi connectivity index (χ3n) is 4.95. The monoisotopic (exact) mass is 430 g/mol. The van der Waals surface area contributed by atoms with Gasteiger partial charge < -0.3 is 10.1 Å². The summed E-state index contributed by atoms with van der Waals surface area (Å²) >= 11 is 0. The van der Waals surface area contributed by atoms with Crippen LogP contribution in [-0.4, -0.2) is 33.7 Å². The van der Waals surface area contributed by atoms with Gasteiger partial charge in [-0.2, -0.15) is 0 Å². The van der Waals surface area contributed by atoms with E-state index in [4.69, 9.17) is 4.74 Å². The van der Waals surface area contributed by atoms with Gasteiger partial charge in [0, 0.05) is 18.3 Å². The smallest absolute Gasteiger partial charge is 0.278 e. The third-order valence-corrected chi connectivity index (χ3v) is 4.95. The van der Waals surface area contributed by atoms with E-state index in [1.54, 1.807) is 48.7 Å². The topological polar surface area (TPSA) is 115 Å². The number of hydrogen-bond donors (Lipinski definition) is 1. The van der Waals surface area contributed by atoms with Gasteiger partial charge in [-0.25, -0.2) is 0 Å². The molecule has 0 saturated carbocycles. The normalized spacial score (nSPS) is 13.5. The van der Waals surface area contributed by atoms with Crippen LogP contribution in [0.5, 0.6) is 5.75 Å². The van der Waals surface area contributed by atoms with Crippen molar-refractivity contribution in [2.75, 3.05) is 12.4 Å². The second kappa shape index (κ2) is 8.68. The van der Waals surface area contributed by atoms with Gasteiger partial charge in [-0.15, -0.1) is 0 Å². The molecule has 1 aliphatic heterocycles. The summed E-state index contributed by atoms with van der Waals surface area (Å²) in [6.45, 7) is -0.00784. The summed E-state index contributed by atoms with van der Waals surface area (Å²) in [5, 5.41) is 14.0. The number of methoxy groups -OCH3 is 1. The molecular weight excluding hydrogens is 412 g/mol. The van der Waals surface area contributed by atoms with Crippen molar-refractivity contribution in [1.82, 2.24) is 9.88 Å². The molecule has 0 saturated heterocycles. The first kappa shape index (κ1) is 20.7. The predicted molar refractivity (Wildman–Crippen MR) is 116 cm³/mol. The van der Waals surface area contributed by atoms with Crippen LogP contribution < -0.4 is 10.1 Å². The zero-order valence-corrected chi connectivity index (χ0v) is 17.0. The quantitative estimate of drug-likeness (QED) is 0.347. The molecule has 1 aromatic heterocycles. The van der Waals surface area contributed by atoms with E-state index in [1.807, 2.05) is 0 Å². The summed E-state index contributed by atoms with van der Waals surface area (Å²) in [7, 11) is 1.50. The number of nitrogens with one attached hydrogen (secondary N) is 1. The van der Waals surface area contributed by atoms with Crippen LogP contribution in [0, 0.1) is 10.1 Å². The lowest BCUT2D eigenvalue weighted by Gasteiger charge is -2.15. The molecule has 9 nitrogen and oxygen atoms in total. The van der Waals surface area contributed by atoms with E-state index < -0.39 is 16.7 Å². The number of nitrogens with zero attached hydrogens (tertiary/aromatic N) is 3. The number of carbonyl (C=O) groups excluding carboxylic acids is 2. The zero-order valence-electron chi connectivity index (χ0n) is 17.0. The summed E-state index contributed by atoms with van der Waals surface area (Å²) in [6, 6.07) is 17.7. The Labute approximate surface area is 183 Å². The maximum Gasteiger partial charge on any atom is 0.278 e. The Kier molecular flexibility index (Phi) is 5.63. The molecule has 1 aliphatic rings. The maximum atomic E-state index is 13.3. The lowest BCUT2D eigenvalue weighted by molar-refractivity contribution is -0.384. The lowest BCUT2D eigenvalue weighted by Crippen LogP contribution is -2.32. The zero-order chi connectivity index (χ0) is 22.7. The Morgan fingerprint density at radius 2 is 1.72 bits per heavy atom. The number of hydrogen-bond acceptors (Lipinski definition) is 7. The summed E-state index contributed by atoms with van der Waals surface area (Å²) in [5.74, 6) is -0.557. The van der Waals surface area contributed by atoms with Crippen LogP contribution >= 0.6 is 0 Å². The fraction of sp³-hybridized carbons (Fsp3) is 0.0870. The number of para-hydroxylation sites is 2. The summed E-state index contributed by atoms with van der Waals surface area (Å²) in [5.41, 5.74) is 1.50. The average molecular weight is 430 g/mol. The Morgan fingerprint density at radius 3 is 2.38 bits per heavy atom. The highest BCUT2D eigenvalue weighted by atomic mass is 16.6. The predicted octanol–water partition coefficient (Wildman–Crippen LogP) is 3.39. The minimum Gasteiger partial charge on any atom is -0.495 e. The molecule has 32 heavy (non-hydrogen) atoms. The van der Waals surface area contributed by atoms with Crippen molar-refractivity contribution in [3.63, 3.8) is 0 Å². The highest BCUT2D eigenvalue weighted by Gasteiger charge is 2.39. The van der Waals surface area contributed by atoms with Gasteiger partial charge in [0.15, 0.2) is 0 Å². The van der Waals surface area contributed by atoms with Crippen LogP contribution in [0.15, 0.2) is 78.6 Å². The van der Waals surface area contributed by atoms with Crippen LogP contribution in [0.1, 0.15) is 11.3 Å². The second-order valence-electron chi connectivity index (χ2n) is 6.90. The Balaban J connectivity index is 1.77. The summed E-state index contributed by atoms with van der Waals surface area (Å²) in [6.07, 6.45) is 1.58. The van der Waals surface area contributed by atoms with Gasteiger partial charge in [0.05, 0.1) is 35.5 Å². The first-order chi connectivity index (χ1) is 15.5. The average Bonchev–Trinajstić information content (AvgIpc) is 3.04. The number of nitro groups is 1. The van der Waals surface area contributed by atoms with E-state index in [0.717, 1.165) is 4.90 Å². The molecule has 0 aliphatic carbocycles. The van der Waals surface area contributed by atoms with Crippen molar-refractivity contribution in [1.29, 1.82) is 0 Å². The summed E-state index contributed by atoms with van der Waals surface area (Å²) < 4.78 is 5.34. The summed E-state index contributed by atoms with van der Waals surface area (Å²) in [4.78, 5) is 42.4. The van der Waals surface area contributed by atoms with Crippen LogP contribution in [0.25, 0.3) is 5.57 Å². The molecule has 0 spiro atoms. The Bertz CT molecular complexity index is 1220. The standard InChI is InChI=1S/C23H18N4O5/c1-32-19-8-3-2-7-18(19)25-21-20(15-9-11-17(12-10-15)27(30)31)22(28)26(23(21)29)14-16-6-4-5-13-24-16/h2-13,25H,14H2,1H3. The highest BCUT2D eigenvalue weighted by molar-refractivity contribution is 6.36. The molecule has 2 heterocycles. The largest absolute Gasteiger partial charge is 0.495 e. The number of nitro benzene ring substituents is 1. The van der Waals surface area contributed by atoms with Crippen LogP contribution in [0.2, 0.25) is 0 Å². The molecule has 3 aromatic rings. The molecule has 160 valence electrons. The molecule has 4 rings (SSSR count). The molecular formula is C23H18N4O5. The Hall–Kier alpha value is -4.53. The number of rotatable bonds is 7. The second-order valence-corrected chi connectivity index (χ2v) is 6.90. The SMILES string of the molecule is COc1ccccc1NC1=C(c2ccc([N+](=O)[O-])cc2)C(=O)N(Cc2ccccn2)C1=O. The van der Waals surface area contributed by atoms with E-state index in [0.29, 0.717) is 22.7 Å². The first-order valence-corrected chi connectivity index (χ1v) is 9.65. The number of amides is 2. The van der Waals surface area contributed by atoms with Gasteiger partial charge in [-0.05, 0) is 42.0 Å². The van der Waals surface area contributed by atoms with Gasteiger partial charge in [0.2, 0.25) is 0 Å². The number of non-ortho nitro benzene ring substituents is 1. The molecule has 0 atom stereocenters. The van der Waals surface area contributed by atoms with Crippen LogP contribution in [0.3, 0.4) is 0 Å². The third kappa shape index (κ3) is 3.91. The molecule has 0 fully saturated rings. The highest BCUT2D eigenvalue weighted by Crippen LogP contribution is 2.34. The minimum atomic E-state index is -0.528. The first-order valence-electron chi connectivity index (χ1n) is 9.65. The molecule has 2 amide bonds. The van der Waals surface area contributed by atoms with Gasteiger partial charge in [-0.3, -0.25) is 29.6 Å². The minimum absolute atomic E-state index is 0.00784. The van der Waals surface area contributed by atoms with E-state index in [1.165, 1.54) is 31.4 Å². The van der Waals surface area contributed by atoms with Crippen molar-refractivity contribution < 1.29 is 19.2 Å². The number of ether oxygens (including phenoxy) is 1. The number of benzene rings is 2. The van der Waals surface area contributed by atoms with E-state index in [9.17, 15) is 19.7 Å². The van der Waals surface area contributed by atoms with Gasteiger partial charge in [-0.1, -0.05) is 18.2 Å². The van der Waals surface area contributed by atoms with E-state index in [2.05, 4.69) is 10.3 Å². The van der Waals surface area contributed by atoms with Crippen LogP contribution in [0.4, 0.5) is 11.4 Å².